The van der Waals surface area contributed by atoms with Gasteiger partial charge in [0.15, 0.2) is 0 Å². The summed E-state index contributed by atoms with van der Waals surface area (Å²) in [7, 11) is -5.63. The predicted octanol–water partition coefficient (Wildman–Crippen LogP) is 10.5. The van der Waals surface area contributed by atoms with Crippen LogP contribution in [0.2, 0.25) is 16.6 Å². The summed E-state index contributed by atoms with van der Waals surface area (Å²) in [4.78, 5) is 0.259. The number of hydrogen-bond donors (Lipinski definition) is 0. The Morgan fingerprint density at radius 3 is 2.11 bits per heavy atom. The van der Waals surface area contributed by atoms with Crippen LogP contribution in [0.1, 0.15) is 119 Å². The van der Waals surface area contributed by atoms with E-state index < -0.39 is 18.4 Å². The summed E-state index contributed by atoms with van der Waals surface area (Å²) in [5, 5.41) is 0. The van der Waals surface area contributed by atoms with Gasteiger partial charge in [-0.15, -0.1) is 0 Å². The number of benzene rings is 1. The van der Waals surface area contributed by atoms with Gasteiger partial charge in [-0.05, 0) is 127 Å². The van der Waals surface area contributed by atoms with Gasteiger partial charge < -0.3 is 4.43 Å². The molecule has 0 bridgehead atoms. The SMILES string of the molecule is Cc1ccc(S(=O)(=O)OCC(C)[C@H]2CC[C@H]3[C@@H]4CC=C5C[C@@H](O[Si](C(C)C)(C(C)C)C(C)C)CC[C@]5(C)[C@H]4CC[C@]23C)cc1. The van der Waals surface area contributed by atoms with Crippen LogP contribution in [0.25, 0.3) is 0 Å². The lowest BCUT2D eigenvalue weighted by Crippen LogP contribution is -2.53. The molecule has 3 fully saturated rings. The van der Waals surface area contributed by atoms with Crippen molar-refractivity contribution >= 4 is 18.4 Å². The smallest absolute Gasteiger partial charge is 0.296 e. The first-order valence-electron chi connectivity index (χ1n) is 17.9. The minimum Gasteiger partial charge on any atom is -0.413 e. The van der Waals surface area contributed by atoms with E-state index in [0.29, 0.717) is 40.0 Å². The van der Waals surface area contributed by atoms with E-state index in [1.807, 2.05) is 19.1 Å². The Morgan fingerprint density at radius 1 is 0.864 bits per heavy atom. The van der Waals surface area contributed by atoms with Crippen molar-refractivity contribution in [1.82, 2.24) is 0 Å². The number of aryl methyl sites for hydroxylation is 1. The molecule has 0 aliphatic heterocycles. The van der Waals surface area contributed by atoms with Gasteiger partial charge in [-0.2, -0.15) is 8.42 Å². The summed E-state index contributed by atoms with van der Waals surface area (Å²) >= 11 is 0. The van der Waals surface area contributed by atoms with Gasteiger partial charge in [0.05, 0.1) is 11.5 Å². The van der Waals surface area contributed by atoms with E-state index in [2.05, 4.69) is 68.4 Å². The molecule has 1 aromatic carbocycles. The van der Waals surface area contributed by atoms with Crippen molar-refractivity contribution < 1.29 is 17.0 Å². The zero-order valence-corrected chi connectivity index (χ0v) is 31.3. The number of rotatable bonds is 10. The Kier molecular flexibility index (Phi) is 9.83. The summed E-state index contributed by atoms with van der Waals surface area (Å²) in [5.41, 5.74) is 5.19. The van der Waals surface area contributed by atoms with E-state index in [1.165, 1.54) is 44.9 Å². The third-order valence-electron chi connectivity index (χ3n) is 13.7. The van der Waals surface area contributed by atoms with Crippen molar-refractivity contribution in [3.63, 3.8) is 0 Å². The zero-order chi connectivity index (χ0) is 32.2. The lowest BCUT2D eigenvalue weighted by molar-refractivity contribution is -0.0584. The molecule has 44 heavy (non-hydrogen) atoms. The van der Waals surface area contributed by atoms with Gasteiger partial charge in [-0.25, -0.2) is 0 Å². The van der Waals surface area contributed by atoms with Crippen LogP contribution < -0.4 is 0 Å². The molecular formula is C38H62O4SSi. The molecule has 1 aromatic rings. The third-order valence-corrected chi connectivity index (χ3v) is 21.1. The molecule has 0 aromatic heterocycles. The fourth-order valence-electron chi connectivity index (χ4n) is 11.5. The molecule has 3 saturated carbocycles. The summed E-state index contributed by atoms with van der Waals surface area (Å²) < 4.78 is 38.9. The van der Waals surface area contributed by atoms with E-state index in [-0.39, 0.29) is 22.8 Å². The number of hydrogen-bond acceptors (Lipinski definition) is 4. The average molecular weight is 643 g/mol. The molecule has 0 heterocycles. The lowest BCUT2D eigenvalue weighted by Gasteiger charge is -2.59. The van der Waals surface area contributed by atoms with Gasteiger partial charge in [-0.3, -0.25) is 4.18 Å². The lowest BCUT2D eigenvalue weighted by atomic mass is 9.47. The molecule has 4 aliphatic carbocycles. The van der Waals surface area contributed by atoms with Crippen molar-refractivity contribution in [1.29, 1.82) is 0 Å². The van der Waals surface area contributed by atoms with Crippen LogP contribution in [0.15, 0.2) is 40.8 Å². The maximum atomic E-state index is 12.9. The van der Waals surface area contributed by atoms with Crippen LogP contribution in [-0.4, -0.2) is 29.4 Å². The molecule has 4 aliphatic rings. The highest BCUT2D eigenvalue weighted by Gasteiger charge is 2.59. The van der Waals surface area contributed by atoms with Crippen LogP contribution in [0.5, 0.6) is 0 Å². The van der Waals surface area contributed by atoms with Crippen molar-refractivity contribution in [2.24, 2.45) is 40.4 Å². The third kappa shape index (κ3) is 5.85. The maximum absolute atomic E-state index is 12.9. The quantitative estimate of drug-likeness (QED) is 0.145. The van der Waals surface area contributed by atoms with Crippen molar-refractivity contribution in [3.05, 3.63) is 41.5 Å². The largest absolute Gasteiger partial charge is 0.413 e. The summed E-state index contributed by atoms with van der Waals surface area (Å²) in [6.45, 7) is 24.1. The Hall–Kier alpha value is -0.953. The molecule has 0 radical (unpaired) electrons. The van der Waals surface area contributed by atoms with Gasteiger partial charge in [0.1, 0.15) is 0 Å². The molecule has 0 N–H and O–H groups in total. The van der Waals surface area contributed by atoms with Gasteiger partial charge in [0.2, 0.25) is 8.32 Å². The second-order valence-electron chi connectivity index (χ2n) is 16.8. The molecule has 4 nitrogen and oxygen atoms in total. The molecule has 248 valence electrons. The van der Waals surface area contributed by atoms with Gasteiger partial charge in [-0.1, -0.05) is 91.7 Å². The molecule has 0 amide bonds. The fraction of sp³-hybridized carbons (Fsp3) is 0.789. The second kappa shape index (κ2) is 12.6. The summed E-state index contributed by atoms with van der Waals surface area (Å²) in [6, 6.07) is 6.99. The van der Waals surface area contributed by atoms with Gasteiger partial charge in [0.25, 0.3) is 10.1 Å². The Morgan fingerprint density at radius 2 is 1.50 bits per heavy atom. The molecular weight excluding hydrogens is 581 g/mol. The van der Waals surface area contributed by atoms with Crippen molar-refractivity contribution in [2.75, 3.05) is 6.61 Å². The van der Waals surface area contributed by atoms with E-state index in [9.17, 15) is 8.42 Å². The minimum absolute atomic E-state index is 0.215. The van der Waals surface area contributed by atoms with Crippen LogP contribution in [-0.2, 0) is 18.7 Å². The first-order chi connectivity index (χ1) is 20.6. The highest BCUT2D eigenvalue weighted by molar-refractivity contribution is 7.86. The molecule has 0 spiro atoms. The summed E-state index contributed by atoms with van der Waals surface area (Å²) in [6.07, 6.45) is 12.9. The van der Waals surface area contributed by atoms with E-state index in [4.69, 9.17) is 8.61 Å². The molecule has 6 heteroatoms. The Balaban J connectivity index is 1.27. The summed E-state index contributed by atoms with van der Waals surface area (Å²) in [5.74, 6) is 2.94. The predicted molar refractivity (Wildman–Crippen MR) is 185 cm³/mol. The first-order valence-corrected chi connectivity index (χ1v) is 21.4. The molecule has 5 rings (SSSR count). The minimum atomic E-state index is -3.74. The van der Waals surface area contributed by atoms with E-state index in [0.717, 1.165) is 23.8 Å². The highest BCUT2D eigenvalue weighted by Crippen LogP contribution is 2.67. The molecule has 1 unspecified atom stereocenters. The van der Waals surface area contributed by atoms with Gasteiger partial charge >= 0.3 is 0 Å². The van der Waals surface area contributed by atoms with Crippen LogP contribution in [0.4, 0.5) is 0 Å². The topological polar surface area (TPSA) is 52.6 Å². The highest BCUT2D eigenvalue weighted by atomic mass is 32.2. The normalized spacial score (nSPS) is 34.9. The second-order valence-corrected chi connectivity index (χ2v) is 23.8. The van der Waals surface area contributed by atoms with E-state index >= 15 is 0 Å². The number of allylic oxidation sites excluding steroid dienone is 1. The van der Waals surface area contributed by atoms with Crippen LogP contribution in [0.3, 0.4) is 0 Å². The fourth-order valence-corrected chi connectivity index (χ4v) is 18.1. The Labute approximate surface area is 271 Å². The molecule has 8 atom stereocenters. The molecule has 0 saturated heterocycles. The monoisotopic (exact) mass is 642 g/mol. The van der Waals surface area contributed by atoms with Crippen molar-refractivity contribution in [3.8, 4) is 0 Å². The maximum Gasteiger partial charge on any atom is 0.296 e. The van der Waals surface area contributed by atoms with E-state index in [1.54, 1.807) is 17.7 Å². The van der Waals surface area contributed by atoms with Crippen molar-refractivity contribution in [2.45, 2.75) is 148 Å². The Bertz CT molecular complexity index is 1280. The van der Waals surface area contributed by atoms with Gasteiger partial charge in [0, 0.05) is 6.10 Å². The zero-order valence-electron chi connectivity index (χ0n) is 29.5. The van der Waals surface area contributed by atoms with Crippen LogP contribution >= 0.6 is 0 Å². The standard InChI is InChI=1S/C38H62O4SSi/c1-25(2)44(26(3)4,27(5)6)42-31-19-21-37(9)30(23-31)13-16-33-35-18-17-34(38(35,10)22-20-36(33)37)29(8)24-41-43(39,40)32-14-11-28(7)12-15-32/h11-15,25-27,29,31,33-36H,16-24H2,1-10H3/t29?,31-,33-,34+,35-,36-,37-,38+/m0/s1. The first kappa shape index (κ1) is 34.4. The average Bonchev–Trinajstić information content (AvgIpc) is 3.31. The van der Waals surface area contributed by atoms with Crippen LogP contribution in [0, 0.1) is 47.3 Å². The number of fused-ring (bicyclic) bond motifs is 5.